The van der Waals surface area contributed by atoms with Gasteiger partial charge in [0.15, 0.2) is 17.4 Å². The number of fused-ring (bicyclic) bond motifs is 1. The highest BCUT2D eigenvalue weighted by Gasteiger charge is 2.38. The van der Waals surface area contributed by atoms with E-state index in [-0.39, 0.29) is 23.9 Å². The number of anilines is 1. The average Bonchev–Trinajstić information content (AvgIpc) is 2.83. The van der Waals surface area contributed by atoms with Crippen LogP contribution in [0.2, 0.25) is 0 Å². The number of carbonyl (C=O) groups excluding carboxylic acids is 1. The molecule has 0 saturated carbocycles. The number of aliphatic hydroxyl groups is 1. The van der Waals surface area contributed by atoms with Crippen LogP contribution in [0, 0.1) is 11.6 Å². The largest absolute Gasteiger partial charge is 0.490 e. The van der Waals surface area contributed by atoms with E-state index in [0.29, 0.717) is 30.9 Å². The summed E-state index contributed by atoms with van der Waals surface area (Å²) in [5, 5.41) is 23.0. The molecule has 1 amide bonds. The van der Waals surface area contributed by atoms with Crippen LogP contribution < -0.4 is 20.3 Å². The first kappa shape index (κ1) is 26.9. The first-order chi connectivity index (χ1) is 17.0. The Morgan fingerprint density at radius 1 is 1.14 bits per heavy atom. The minimum atomic E-state index is -5.08. The van der Waals surface area contributed by atoms with Gasteiger partial charge in [-0.05, 0) is 31.2 Å². The van der Waals surface area contributed by atoms with E-state index in [1.54, 1.807) is 29.2 Å². The number of rotatable bonds is 4. The molecule has 4 rings (SSSR count). The number of piperidine rings is 1. The summed E-state index contributed by atoms with van der Waals surface area (Å²) in [6.45, 7) is 1.12. The van der Waals surface area contributed by atoms with Gasteiger partial charge in [0.2, 0.25) is 5.76 Å². The number of alkyl halides is 3. The zero-order valence-corrected chi connectivity index (χ0v) is 18.6. The smallest absolute Gasteiger partial charge is 0.475 e. The van der Waals surface area contributed by atoms with Crippen LogP contribution in [0.3, 0.4) is 0 Å². The topological polar surface area (TPSA) is 111 Å². The molecule has 194 valence electrons. The van der Waals surface area contributed by atoms with Crippen LogP contribution in [-0.2, 0) is 16.1 Å². The Hall–Kier alpha value is -3.71. The molecule has 36 heavy (non-hydrogen) atoms. The Labute approximate surface area is 202 Å². The van der Waals surface area contributed by atoms with Gasteiger partial charge in [0.05, 0.1) is 30.6 Å². The zero-order chi connectivity index (χ0) is 26.5. The van der Waals surface area contributed by atoms with Crippen LogP contribution in [0.4, 0.5) is 27.6 Å². The molecule has 4 N–H and O–H groups in total. The molecule has 2 aromatic rings. The number of carbonyl (C=O) groups is 2. The van der Waals surface area contributed by atoms with Gasteiger partial charge in [-0.3, -0.25) is 4.79 Å². The SMILES string of the molecule is O=C(NC1CCNCC1O)C1=CN(Cc2cccc(F)c2F)c2ccccc2O1.O=C(O)C(F)(F)F. The highest BCUT2D eigenvalue weighted by Crippen LogP contribution is 2.35. The zero-order valence-electron chi connectivity index (χ0n) is 18.6. The number of aliphatic hydroxyl groups excluding tert-OH is 1. The molecule has 0 radical (unpaired) electrons. The molecule has 13 heteroatoms. The minimum Gasteiger partial charge on any atom is -0.475 e. The van der Waals surface area contributed by atoms with Gasteiger partial charge in [-0.15, -0.1) is 0 Å². The number of nitrogens with zero attached hydrogens (tertiary/aromatic N) is 1. The second-order valence-electron chi connectivity index (χ2n) is 7.85. The quantitative estimate of drug-likeness (QED) is 0.464. The fourth-order valence-corrected chi connectivity index (χ4v) is 3.48. The van der Waals surface area contributed by atoms with Crippen LogP contribution in [0.1, 0.15) is 12.0 Å². The van der Waals surface area contributed by atoms with E-state index in [1.807, 2.05) is 0 Å². The van der Waals surface area contributed by atoms with Crippen LogP contribution in [0.25, 0.3) is 0 Å². The maximum Gasteiger partial charge on any atom is 0.490 e. The number of hydrogen-bond donors (Lipinski definition) is 4. The van der Waals surface area contributed by atoms with Crippen molar-refractivity contribution in [2.45, 2.75) is 31.3 Å². The monoisotopic (exact) mass is 515 g/mol. The number of β-amino-alcohol motifs (C(OH)–C–C–N with tert-alkyl or cyclic N) is 1. The Kier molecular flexibility index (Phi) is 8.48. The highest BCUT2D eigenvalue weighted by molar-refractivity contribution is 5.93. The highest BCUT2D eigenvalue weighted by atomic mass is 19.4. The standard InChI is InChI=1S/C21H21F2N3O3.C2HF3O2/c22-14-5-3-4-13(20(14)23)11-26-12-19(29-18-7-2-1-6-16(18)26)21(28)25-15-8-9-24-10-17(15)27;3-2(4,5)1(6)7/h1-7,12,15,17,24,27H,8-11H2,(H,25,28);(H,6,7). The maximum atomic E-state index is 14.2. The van der Waals surface area contributed by atoms with Crippen molar-refractivity contribution in [3.63, 3.8) is 0 Å². The van der Waals surface area contributed by atoms with Gasteiger partial charge >= 0.3 is 12.1 Å². The molecule has 2 aromatic carbocycles. The lowest BCUT2D eigenvalue weighted by molar-refractivity contribution is -0.192. The summed E-state index contributed by atoms with van der Waals surface area (Å²) in [6.07, 6.45) is -3.72. The lowest BCUT2D eigenvalue weighted by atomic mass is 10.0. The van der Waals surface area contributed by atoms with Crippen LogP contribution in [0.5, 0.6) is 5.75 Å². The number of halogens is 5. The Morgan fingerprint density at radius 3 is 2.50 bits per heavy atom. The summed E-state index contributed by atoms with van der Waals surface area (Å²) in [5.74, 6) is -4.63. The molecule has 0 bridgehead atoms. The average molecular weight is 515 g/mol. The molecule has 2 unspecified atom stereocenters. The van der Waals surface area contributed by atoms with Gasteiger partial charge in [-0.2, -0.15) is 13.2 Å². The lowest BCUT2D eigenvalue weighted by Gasteiger charge is -2.31. The van der Waals surface area contributed by atoms with Crippen molar-refractivity contribution in [1.82, 2.24) is 10.6 Å². The van der Waals surface area contributed by atoms with Crippen LogP contribution in [0.15, 0.2) is 54.4 Å². The number of amides is 1. The maximum absolute atomic E-state index is 14.2. The predicted molar refractivity (Wildman–Crippen MR) is 117 cm³/mol. The molecular formula is C23H22F5N3O5. The molecule has 2 aliphatic heterocycles. The van der Waals surface area contributed by atoms with Gasteiger partial charge in [0.25, 0.3) is 5.91 Å². The fourth-order valence-electron chi connectivity index (χ4n) is 3.48. The number of carboxylic acids is 1. The first-order valence-electron chi connectivity index (χ1n) is 10.7. The number of nitrogens with one attached hydrogen (secondary N) is 2. The molecule has 2 atom stereocenters. The predicted octanol–water partition coefficient (Wildman–Crippen LogP) is 2.68. The number of para-hydroxylation sites is 2. The Morgan fingerprint density at radius 2 is 1.83 bits per heavy atom. The number of hydrogen-bond acceptors (Lipinski definition) is 6. The van der Waals surface area contributed by atoms with Crippen molar-refractivity contribution in [1.29, 1.82) is 0 Å². The van der Waals surface area contributed by atoms with Crippen molar-refractivity contribution in [3.8, 4) is 5.75 Å². The third-order valence-electron chi connectivity index (χ3n) is 5.27. The molecule has 1 fully saturated rings. The molecule has 2 heterocycles. The molecule has 1 saturated heterocycles. The second kappa shape index (κ2) is 11.4. The molecular weight excluding hydrogens is 493 g/mol. The Balaban J connectivity index is 0.000000454. The van der Waals surface area contributed by atoms with Crippen molar-refractivity contribution >= 4 is 17.6 Å². The van der Waals surface area contributed by atoms with Crippen molar-refractivity contribution < 1.29 is 46.5 Å². The molecule has 8 nitrogen and oxygen atoms in total. The summed E-state index contributed by atoms with van der Waals surface area (Å²) in [6, 6.07) is 10.6. The number of carboxylic acid groups (broad SMARTS) is 1. The first-order valence-corrected chi connectivity index (χ1v) is 10.7. The van der Waals surface area contributed by atoms with Crippen molar-refractivity contribution in [2.75, 3.05) is 18.0 Å². The summed E-state index contributed by atoms with van der Waals surface area (Å²) in [7, 11) is 0. The molecule has 2 aliphatic rings. The molecule has 0 spiro atoms. The summed E-state index contributed by atoms with van der Waals surface area (Å²) in [4.78, 5) is 23.3. The van der Waals surface area contributed by atoms with E-state index >= 15 is 0 Å². The Bertz CT molecular complexity index is 1140. The number of benzene rings is 2. The van der Waals surface area contributed by atoms with Gasteiger partial charge in [0, 0.05) is 12.1 Å². The van der Waals surface area contributed by atoms with Crippen LogP contribution in [-0.4, -0.2) is 53.5 Å². The third kappa shape index (κ3) is 6.70. The van der Waals surface area contributed by atoms with E-state index in [0.717, 1.165) is 6.07 Å². The van der Waals surface area contributed by atoms with Gasteiger partial charge in [-0.1, -0.05) is 24.3 Å². The van der Waals surface area contributed by atoms with E-state index in [4.69, 9.17) is 14.6 Å². The van der Waals surface area contributed by atoms with Crippen molar-refractivity contribution in [3.05, 3.63) is 71.6 Å². The van der Waals surface area contributed by atoms with Crippen molar-refractivity contribution in [2.24, 2.45) is 0 Å². The summed E-state index contributed by atoms with van der Waals surface area (Å²) >= 11 is 0. The minimum absolute atomic E-state index is 0.0197. The lowest BCUT2D eigenvalue weighted by Crippen LogP contribution is -2.53. The number of ether oxygens (including phenoxy) is 1. The second-order valence-corrected chi connectivity index (χ2v) is 7.85. The number of aliphatic carboxylic acids is 1. The third-order valence-corrected chi connectivity index (χ3v) is 5.27. The normalized spacial score (nSPS) is 19.2. The fraction of sp³-hybridized carbons (Fsp3) is 0.304. The van der Waals surface area contributed by atoms with E-state index < -0.39 is 35.8 Å². The van der Waals surface area contributed by atoms with E-state index in [1.165, 1.54) is 18.3 Å². The van der Waals surface area contributed by atoms with Crippen LogP contribution >= 0.6 is 0 Å². The molecule has 0 aliphatic carbocycles. The van der Waals surface area contributed by atoms with Gasteiger partial charge in [-0.25, -0.2) is 13.6 Å². The van der Waals surface area contributed by atoms with E-state index in [2.05, 4.69) is 10.6 Å². The molecule has 0 aromatic heterocycles. The van der Waals surface area contributed by atoms with E-state index in [9.17, 15) is 31.9 Å². The summed E-state index contributed by atoms with van der Waals surface area (Å²) in [5.41, 5.74) is 0.793. The van der Waals surface area contributed by atoms with Gasteiger partial charge in [0.1, 0.15) is 0 Å². The summed E-state index contributed by atoms with van der Waals surface area (Å²) < 4.78 is 65.2. The van der Waals surface area contributed by atoms with Gasteiger partial charge < -0.3 is 30.5 Å².